The summed E-state index contributed by atoms with van der Waals surface area (Å²) >= 11 is 3.41. The molecule has 0 aliphatic heterocycles. The van der Waals surface area contributed by atoms with Crippen molar-refractivity contribution in [1.82, 2.24) is 0 Å². The predicted molar refractivity (Wildman–Crippen MR) is 58.5 cm³/mol. The van der Waals surface area contributed by atoms with Crippen molar-refractivity contribution in [2.75, 3.05) is 5.33 Å². The lowest BCUT2D eigenvalue weighted by atomic mass is 10.1. The van der Waals surface area contributed by atoms with E-state index in [2.05, 4.69) is 53.2 Å². The maximum absolute atomic E-state index is 3.41. The molecule has 0 fully saturated rings. The van der Waals surface area contributed by atoms with Crippen molar-refractivity contribution in [2.45, 2.75) is 13.3 Å². The summed E-state index contributed by atoms with van der Waals surface area (Å²) in [4.78, 5) is 0. The third-order valence-corrected chi connectivity index (χ3v) is 2.25. The third-order valence-electron chi connectivity index (χ3n) is 1.79. The monoisotopic (exact) mass is 224 g/mol. The Hall–Kier alpha value is -0.560. The number of hydrogen-bond acceptors (Lipinski definition) is 0. The van der Waals surface area contributed by atoms with Gasteiger partial charge in [0.25, 0.3) is 0 Å². The normalized spacial score (nSPS) is 11.7. The van der Waals surface area contributed by atoms with Crippen LogP contribution in [0.25, 0.3) is 5.57 Å². The van der Waals surface area contributed by atoms with E-state index in [0.29, 0.717) is 0 Å². The van der Waals surface area contributed by atoms with Crippen LogP contribution in [0, 0.1) is 0 Å². The first-order valence-electron chi connectivity index (χ1n) is 4.12. The molecule has 0 aliphatic carbocycles. The third kappa shape index (κ3) is 2.82. The standard InChI is InChI=1S/C11H13Br/c1-10(6-5-9-12)11-7-3-2-4-8-11/h2-4,6-8H,5,9H2,1H3/b10-6+. The first-order chi connectivity index (χ1) is 5.84. The summed E-state index contributed by atoms with van der Waals surface area (Å²) in [5.74, 6) is 0. The maximum atomic E-state index is 3.41. The van der Waals surface area contributed by atoms with Crippen molar-refractivity contribution in [3.63, 3.8) is 0 Å². The van der Waals surface area contributed by atoms with Gasteiger partial charge < -0.3 is 0 Å². The fourth-order valence-corrected chi connectivity index (χ4v) is 1.32. The van der Waals surface area contributed by atoms with Crippen LogP contribution in [-0.2, 0) is 0 Å². The van der Waals surface area contributed by atoms with Gasteiger partial charge in [-0.25, -0.2) is 0 Å². The van der Waals surface area contributed by atoms with Gasteiger partial charge in [-0.15, -0.1) is 0 Å². The molecular formula is C11H13Br. The Bertz CT molecular complexity index is 249. The van der Waals surface area contributed by atoms with E-state index in [0.717, 1.165) is 11.8 Å². The molecule has 0 radical (unpaired) electrons. The van der Waals surface area contributed by atoms with Gasteiger partial charge in [0.1, 0.15) is 0 Å². The average Bonchev–Trinajstić information content (AvgIpc) is 2.15. The number of rotatable bonds is 3. The molecule has 1 heteroatoms. The summed E-state index contributed by atoms with van der Waals surface area (Å²) in [6, 6.07) is 10.5. The summed E-state index contributed by atoms with van der Waals surface area (Å²) in [6.07, 6.45) is 3.35. The summed E-state index contributed by atoms with van der Waals surface area (Å²) in [7, 11) is 0. The molecule has 0 atom stereocenters. The zero-order chi connectivity index (χ0) is 8.81. The molecule has 0 heterocycles. The summed E-state index contributed by atoms with van der Waals surface area (Å²) in [6.45, 7) is 2.15. The molecule has 0 saturated heterocycles. The number of alkyl halides is 1. The predicted octanol–water partition coefficient (Wildman–Crippen LogP) is 3.87. The van der Waals surface area contributed by atoms with Gasteiger partial charge >= 0.3 is 0 Å². The number of halogens is 1. The van der Waals surface area contributed by atoms with Crippen molar-refractivity contribution in [3.05, 3.63) is 42.0 Å². The quantitative estimate of drug-likeness (QED) is 0.685. The Labute approximate surface area is 82.4 Å². The minimum Gasteiger partial charge on any atom is -0.0925 e. The summed E-state index contributed by atoms with van der Waals surface area (Å²) in [5, 5.41) is 1.04. The molecule has 0 aromatic heterocycles. The molecular weight excluding hydrogens is 212 g/mol. The SMILES string of the molecule is C/C(=C\CCBr)c1ccccc1. The van der Waals surface area contributed by atoms with Gasteiger partial charge in [-0.1, -0.05) is 52.3 Å². The zero-order valence-corrected chi connectivity index (χ0v) is 8.84. The molecule has 0 unspecified atom stereocenters. The number of benzene rings is 1. The van der Waals surface area contributed by atoms with E-state index in [-0.39, 0.29) is 0 Å². The molecule has 0 bridgehead atoms. The fraction of sp³-hybridized carbons (Fsp3) is 0.273. The molecule has 12 heavy (non-hydrogen) atoms. The van der Waals surface area contributed by atoms with E-state index in [4.69, 9.17) is 0 Å². The van der Waals surface area contributed by atoms with Gasteiger partial charge in [-0.05, 0) is 24.5 Å². The van der Waals surface area contributed by atoms with Crippen LogP contribution in [0.4, 0.5) is 0 Å². The molecule has 0 aliphatic rings. The van der Waals surface area contributed by atoms with E-state index in [1.54, 1.807) is 0 Å². The summed E-state index contributed by atoms with van der Waals surface area (Å²) in [5.41, 5.74) is 2.67. The van der Waals surface area contributed by atoms with E-state index >= 15 is 0 Å². The highest BCUT2D eigenvalue weighted by atomic mass is 79.9. The van der Waals surface area contributed by atoms with Gasteiger partial charge in [-0.2, -0.15) is 0 Å². The van der Waals surface area contributed by atoms with Crippen LogP contribution < -0.4 is 0 Å². The first kappa shape index (κ1) is 9.53. The lowest BCUT2D eigenvalue weighted by Crippen LogP contribution is -1.78. The zero-order valence-electron chi connectivity index (χ0n) is 7.26. The first-order valence-corrected chi connectivity index (χ1v) is 5.25. The van der Waals surface area contributed by atoms with Gasteiger partial charge in [0.2, 0.25) is 0 Å². The Morgan fingerprint density at radius 3 is 2.58 bits per heavy atom. The van der Waals surface area contributed by atoms with Crippen molar-refractivity contribution < 1.29 is 0 Å². The van der Waals surface area contributed by atoms with E-state index in [1.165, 1.54) is 11.1 Å². The van der Waals surface area contributed by atoms with E-state index in [1.807, 2.05) is 6.07 Å². The average molecular weight is 225 g/mol. The van der Waals surface area contributed by atoms with Crippen LogP contribution in [0.5, 0.6) is 0 Å². The Balaban J connectivity index is 2.71. The maximum Gasteiger partial charge on any atom is 0.00661 e. The molecule has 64 valence electrons. The van der Waals surface area contributed by atoms with Gasteiger partial charge in [0.05, 0.1) is 0 Å². The second kappa shape index (κ2) is 5.15. The second-order valence-electron chi connectivity index (χ2n) is 2.73. The molecule has 0 saturated carbocycles. The number of hydrogen-bond donors (Lipinski definition) is 0. The Morgan fingerprint density at radius 1 is 1.33 bits per heavy atom. The molecule has 1 aromatic carbocycles. The summed E-state index contributed by atoms with van der Waals surface area (Å²) < 4.78 is 0. The molecule has 0 spiro atoms. The van der Waals surface area contributed by atoms with Crippen molar-refractivity contribution >= 4 is 21.5 Å². The Morgan fingerprint density at radius 2 is 2.00 bits per heavy atom. The molecule has 0 N–H and O–H groups in total. The number of allylic oxidation sites excluding steroid dienone is 2. The van der Waals surface area contributed by atoms with Gasteiger partial charge in [0, 0.05) is 5.33 Å². The molecule has 1 rings (SSSR count). The highest BCUT2D eigenvalue weighted by Crippen LogP contribution is 2.13. The molecule has 0 nitrogen and oxygen atoms in total. The molecule has 1 aromatic rings. The van der Waals surface area contributed by atoms with E-state index in [9.17, 15) is 0 Å². The minimum absolute atomic E-state index is 1.04. The van der Waals surface area contributed by atoms with Crippen LogP contribution in [0.2, 0.25) is 0 Å². The highest BCUT2D eigenvalue weighted by Gasteiger charge is 1.91. The van der Waals surface area contributed by atoms with Crippen LogP contribution in [-0.4, -0.2) is 5.33 Å². The highest BCUT2D eigenvalue weighted by molar-refractivity contribution is 9.09. The van der Waals surface area contributed by atoms with Crippen LogP contribution in [0.1, 0.15) is 18.9 Å². The van der Waals surface area contributed by atoms with Gasteiger partial charge in [-0.3, -0.25) is 0 Å². The smallest absolute Gasteiger partial charge is 0.00661 e. The van der Waals surface area contributed by atoms with Gasteiger partial charge in [0.15, 0.2) is 0 Å². The fourth-order valence-electron chi connectivity index (χ4n) is 1.09. The largest absolute Gasteiger partial charge is 0.0925 e. The van der Waals surface area contributed by atoms with Crippen LogP contribution in [0.15, 0.2) is 36.4 Å². The molecule has 0 amide bonds. The van der Waals surface area contributed by atoms with Crippen molar-refractivity contribution in [2.24, 2.45) is 0 Å². The van der Waals surface area contributed by atoms with Crippen LogP contribution >= 0.6 is 15.9 Å². The minimum atomic E-state index is 1.04. The lowest BCUT2D eigenvalue weighted by molar-refractivity contribution is 1.26. The Kier molecular flexibility index (Phi) is 4.09. The van der Waals surface area contributed by atoms with Crippen molar-refractivity contribution in [3.8, 4) is 0 Å². The van der Waals surface area contributed by atoms with E-state index < -0.39 is 0 Å². The van der Waals surface area contributed by atoms with Crippen molar-refractivity contribution in [1.29, 1.82) is 0 Å². The lowest BCUT2D eigenvalue weighted by Gasteiger charge is -1.99. The second-order valence-corrected chi connectivity index (χ2v) is 3.52. The van der Waals surface area contributed by atoms with Crippen LogP contribution in [0.3, 0.4) is 0 Å². The topological polar surface area (TPSA) is 0 Å².